The Bertz CT molecular complexity index is 1130. The Hall–Kier alpha value is -1.99. The number of allylic oxidation sites excluding steroid dienone is 8. The Kier molecular flexibility index (Phi) is 45.9. The van der Waals surface area contributed by atoms with E-state index in [1.165, 1.54) is 141 Å². The van der Waals surface area contributed by atoms with Crippen molar-refractivity contribution in [2.24, 2.45) is 0 Å². The van der Waals surface area contributed by atoms with Crippen LogP contribution in [-0.4, -0.2) is 43.3 Å². The van der Waals surface area contributed by atoms with Gasteiger partial charge in [-0.25, -0.2) is 4.57 Å². The van der Waals surface area contributed by atoms with Gasteiger partial charge in [-0.05, 0) is 51.4 Å². The van der Waals surface area contributed by atoms with Gasteiger partial charge in [0.1, 0.15) is 6.61 Å². The summed E-state index contributed by atoms with van der Waals surface area (Å²) in [5.41, 5.74) is 0. The molecule has 0 bridgehead atoms. The average Bonchev–Trinajstić information content (AvgIpc) is 3.25. The quantitative estimate of drug-likeness (QED) is 0.0279. The lowest BCUT2D eigenvalue weighted by molar-refractivity contribution is -0.161. The van der Waals surface area contributed by atoms with Crippen LogP contribution in [-0.2, 0) is 32.7 Å². The molecule has 0 aromatic heterocycles. The first kappa shape index (κ1) is 59.0. The van der Waals surface area contributed by atoms with Crippen molar-refractivity contribution >= 4 is 19.8 Å². The molecule has 0 heterocycles. The zero-order valence-electron chi connectivity index (χ0n) is 39.8. The van der Waals surface area contributed by atoms with Gasteiger partial charge in [-0.2, -0.15) is 0 Å². The Labute approximate surface area is 376 Å². The van der Waals surface area contributed by atoms with Gasteiger partial charge in [0.05, 0.1) is 6.61 Å². The van der Waals surface area contributed by atoms with E-state index < -0.39 is 26.5 Å². The number of phosphoric ester groups is 1. The van der Waals surface area contributed by atoms with Gasteiger partial charge >= 0.3 is 19.8 Å². The van der Waals surface area contributed by atoms with Gasteiger partial charge < -0.3 is 14.4 Å². The molecule has 8 nitrogen and oxygen atoms in total. The number of phosphoric acid groups is 1. The highest BCUT2D eigenvalue weighted by molar-refractivity contribution is 7.47. The largest absolute Gasteiger partial charge is 0.472 e. The fourth-order valence-corrected chi connectivity index (χ4v) is 7.70. The van der Waals surface area contributed by atoms with E-state index in [1.807, 2.05) is 0 Å². The molecule has 356 valence electrons. The number of rotatable bonds is 47. The van der Waals surface area contributed by atoms with Crippen LogP contribution in [0, 0.1) is 0 Å². The number of unbranched alkanes of at least 4 members (excludes halogenated alkanes) is 28. The van der Waals surface area contributed by atoms with Crippen LogP contribution in [0.25, 0.3) is 0 Å². The van der Waals surface area contributed by atoms with Crippen LogP contribution in [0.3, 0.4) is 0 Å². The molecule has 0 radical (unpaired) electrons. The van der Waals surface area contributed by atoms with Crippen molar-refractivity contribution in [2.75, 3.05) is 20.3 Å². The van der Waals surface area contributed by atoms with E-state index >= 15 is 0 Å². The topological polar surface area (TPSA) is 108 Å². The van der Waals surface area contributed by atoms with Crippen molar-refractivity contribution in [1.29, 1.82) is 0 Å². The van der Waals surface area contributed by atoms with Crippen LogP contribution in [0.1, 0.15) is 245 Å². The Morgan fingerprint density at radius 2 is 0.836 bits per heavy atom. The molecule has 0 aliphatic heterocycles. The van der Waals surface area contributed by atoms with E-state index in [-0.39, 0.29) is 19.0 Å². The molecule has 0 aliphatic rings. The zero-order chi connectivity index (χ0) is 44.6. The Balaban J connectivity index is 3.90. The summed E-state index contributed by atoms with van der Waals surface area (Å²) in [5, 5.41) is 0. The smallest absolute Gasteiger partial charge is 0.462 e. The average molecular weight is 879 g/mol. The second kappa shape index (κ2) is 47.5. The predicted octanol–water partition coefficient (Wildman–Crippen LogP) is 16.5. The lowest BCUT2D eigenvalue weighted by Gasteiger charge is -2.19. The normalized spacial score (nSPS) is 13.6. The summed E-state index contributed by atoms with van der Waals surface area (Å²) >= 11 is 0. The number of carbonyl (C=O) groups excluding carboxylic acids is 2. The number of hydrogen-bond acceptors (Lipinski definition) is 7. The third-order valence-electron chi connectivity index (χ3n) is 11.1. The molecule has 0 rings (SSSR count). The molecule has 0 amide bonds. The first-order valence-electron chi connectivity index (χ1n) is 25.3. The monoisotopic (exact) mass is 879 g/mol. The summed E-state index contributed by atoms with van der Waals surface area (Å²) in [5.74, 6) is -0.803. The minimum absolute atomic E-state index is 0.226. The summed E-state index contributed by atoms with van der Waals surface area (Å²) in [6, 6.07) is 0. The van der Waals surface area contributed by atoms with Gasteiger partial charge in [-0.15, -0.1) is 0 Å². The van der Waals surface area contributed by atoms with Gasteiger partial charge in [-0.1, -0.05) is 229 Å². The van der Waals surface area contributed by atoms with Gasteiger partial charge in [-0.3, -0.25) is 18.6 Å². The van der Waals surface area contributed by atoms with Gasteiger partial charge in [0, 0.05) is 20.0 Å². The van der Waals surface area contributed by atoms with Gasteiger partial charge in [0.15, 0.2) is 6.10 Å². The molecule has 0 aliphatic carbocycles. The zero-order valence-corrected chi connectivity index (χ0v) is 40.7. The highest BCUT2D eigenvalue weighted by Crippen LogP contribution is 2.42. The van der Waals surface area contributed by atoms with E-state index in [2.05, 4.69) is 67.0 Å². The van der Waals surface area contributed by atoms with E-state index in [4.69, 9.17) is 14.0 Å². The van der Waals surface area contributed by atoms with Crippen molar-refractivity contribution in [3.8, 4) is 0 Å². The summed E-state index contributed by atoms with van der Waals surface area (Å²) in [4.78, 5) is 34.7. The molecule has 0 aromatic carbocycles. The van der Waals surface area contributed by atoms with E-state index in [0.717, 1.165) is 77.7 Å². The summed E-state index contributed by atoms with van der Waals surface area (Å²) in [6.45, 7) is 3.81. The van der Waals surface area contributed by atoms with E-state index in [1.54, 1.807) is 0 Å². The van der Waals surface area contributed by atoms with Crippen LogP contribution < -0.4 is 0 Å². The van der Waals surface area contributed by atoms with Crippen LogP contribution >= 0.6 is 7.82 Å². The third kappa shape index (κ3) is 47.3. The fraction of sp³-hybridized carbons (Fsp3) is 0.808. The first-order valence-corrected chi connectivity index (χ1v) is 26.8. The molecular formula is C52H95O8P. The molecule has 9 heteroatoms. The van der Waals surface area contributed by atoms with Gasteiger partial charge in [0.25, 0.3) is 0 Å². The second-order valence-electron chi connectivity index (χ2n) is 16.9. The molecule has 2 atom stereocenters. The Morgan fingerprint density at radius 1 is 0.475 bits per heavy atom. The number of hydrogen-bond donors (Lipinski definition) is 1. The summed E-state index contributed by atoms with van der Waals surface area (Å²) in [7, 11) is -3.20. The highest BCUT2D eigenvalue weighted by atomic mass is 31.2. The standard InChI is InChI=1S/C52H95O8P/c1-4-6-8-10-12-14-16-18-20-22-24-26-28-30-32-34-36-38-40-42-44-46-51(53)58-48-50(49-59-61(55,56)57-3)60-52(54)47-45-43-41-39-37-35-33-31-29-27-25-23-21-19-17-15-13-11-9-7-5-2/h7,9,13,15,19,21,25,27,50H,4-6,8,10-12,14,16-18,20,22-24,26,28-49H2,1-3H3,(H,55,56)/b9-7-,15-13-,21-19-,27-25-. The molecule has 0 aromatic rings. The van der Waals surface area contributed by atoms with Crippen molar-refractivity contribution in [2.45, 2.75) is 251 Å². The highest BCUT2D eigenvalue weighted by Gasteiger charge is 2.24. The number of esters is 2. The molecule has 61 heavy (non-hydrogen) atoms. The van der Waals surface area contributed by atoms with E-state index in [0.29, 0.717) is 12.8 Å². The minimum Gasteiger partial charge on any atom is -0.462 e. The lowest BCUT2D eigenvalue weighted by Crippen LogP contribution is -2.29. The van der Waals surface area contributed by atoms with Crippen molar-refractivity contribution in [1.82, 2.24) is 0 Å². The second-order valence-corrected chi connectivity index (χ2v) is 18.5. The number of carbonyl (C=O) groups is 2. The maximum atomic E-state index is 12.6. The molecule has 2 unspecified atom stereocenters. The molecule has 1 N–H and O–H groups in total. The van der Waals surface area contributed by atoms with Gasteiger partial charge in [0.2, 0.25) is 0 Å². The van der Waals surface area contributed by atoms with Crippen molar-refractivity contribution in [3.63, 3.8) is 0 Å². The summed E-state index contributed by atoms with van der Waals surface area (Å²) in [6.07, 6.45) is 58.9. The summed E-state index contributed by atoms with van der Waals surface area (Å²) < 4.78 is 32.1. The minimum atomic E-state index is -4.27. The van der Waals surface area contributed by atoms with Crippen molar-refractivity contribution in [3.05, 3.63) is 48.6 Å². The fourth-order valence-electron chi connectivity index (χ4n) is 7.24. The molecule has 0 fully saturated rings. The third-order valence-corrected chi connectivity index (χ3v) is 12.0. The molecular weight excluding hydrogens is 784 g/mol. The van der Waals surface area contributed by atoms with Crippen LogP contribution in [0.15, 0.2) is 48.6 Å². The SMILES string of the molecule is CC/C=C\C/C=C\C/C=C\C/C=C\CCCCCCCCCCC(=O)OC(COC(=O)CCCCCCCCCCCCCCCCCCCCCCC)COP(=O)(O)OC. The first-order chi connectivity index (χ1) is 29.8. The van der Waals surface area contributed by atoms with E-state index in [9.17, 15) is 19.0 Å². The number of ether oxygens (including phenoxy) is 2. The molecule has 0 saturated heterocycles. The van der Waals surface area contributed by atoms with Crippen LogP contribution in [0.2, 0.25) is 0 Å². The lowest BCUT2D eigenvalue weighted by atomic mass is 10.0. The van der Waals surface area contributed by atoms with Crippen LogP contribution in [0.4, 0.5) is 0 Å². The Morgan fingerprint density at radius 3 is 1.25 bits per heavy atom. The van der Waals surface area contributed by atoms with Crippen molar-refractivity contribution < 1.29 is 37.6 Å². The maximum Gasteiger partial charge on any atom is 0.472 e. The maximum absolute atomic E-state index is 12.6. The van der Waals surface area contributed by atoms with Crippen LogP contribution in [0.5, 0.6) is 0 Å². The molecule has 0 saturated carbocycles. The predicted molar refractivity (Wildman–Crippen MR) is 258 cm³/mol. The molecule has 0 spiro atoms.